The monoisotopic (exact) mass is 524 g/mol. The van der Waals surface area contributed by atoms with Crippen molar-refractivity contribution in [3.05, 3.63) is 112 Å². The van der Waals surface area contributed by atoms with E-state index >= 15 is 0 Å². The van der Waals surface area contributed by atoms with Crippen LogP contribution in [0.1, 0.15) is 44.1 Å². The maximum atomic E-state index is 13.2. The summed E-state index contributed by atoms with van der Waals surface area (Å²) in [6.45, 7) is 7.48. The summed E-state index contributed by atoms with van der Waals surface area (Å²) in [4.78, 5) is 31.5. The minimum absolute atomic E-state index is 0.137. The molecule has 1 atom stereocenters. The molecule has 38 heavy (non-hydrogen) atoms. The molecule has 1 fully saturated rings. The van der Waals surface area contributed by atoms with Crippen LogP contribution in [0.2, 0.25) is 0 Å². The van der Waals surface area contributed by atoms with Crippen LogP contribution in [-0.2, 0) is 0 Å². The summed E-state index contributed by atoms with van der Waals surface area (Å²) in [5.41, 5.74) is 5.65. The molecular formula is C31H32N4O2S. The lowest BCUT2D eigenvalue weighted by Crippen LogP contribution is -2.47. The van der Waals surface area contributed by atoms with Gasteiger partial charge in [-0.3, -0.25) is 9.59 Å². The van der Waals surface area contributed by atoms with E-state index in [0.717, 1.165) is 37.4 Å². The summed E-state index contributed by atoms with van der Waals surface area (Å²) in [5, 5.41) is 8.04. The molecule has 0 aliphatic carbocycles. The van der Waals surface area contributed by atoms with Gasteiger partial charge >= 0.3 is 0 Å². The molecule has 0 spiro atoms. The number of nitrogens with zero attached hydrogens (tertiary/aromatic N) is 2. The quantitative estimate of drug-likeness (QED) is 0.305. The van der Waals surface area contributed by atoms with Crippen LogP contribution in [0.25, 0.3) is 0 Å². The Labute approximate surface area is 227 Å². The summed E-state index contributed by atoms with van der Waals surface area (Å²) in [6, 6.07) is 27.5. The van der Waals surface area contributed by atoms with Gasteiger partial charge in [-0.25, -0.2) is 0 Å². The van der Waals surface area contributed by atoms with E-state index in [4.69, 9.17) is 0 Å². The molecule has 2 heterocycles. The Morgan fingerprint density at radius 2 is 1.47 bits per heavy atom. The summed E-state index contributed by atoms with van der Waals surface area (Å²) in [7, 11) is 0. The number of hydrogen-bond acceptors (Lipinski definition) is 5. The first-order valence-electron chi connectivity index (χ1n) is 12.9. The second kappa shape index (κ2) is 11.5. The van der Waals surface area contributed by atoms with E-state index in [1.807, 2.05) is 60.8 Å². The zero-order valence-corrected chi connectivity index (χ0v) is 22.5. The molecule has 1 aliphatic heterocycles. The van der Waals surface area contributed by atoms with Crippen molar-refractivity contribution in [2.45, 2.75) is 19.9 Å². The van der Waals surface area contributed by atoms with Gasteiger partial charge in [0.1, 0.15) is 0 Å². The van der Waals surface area contributed by atoms with Crippen LogP contribution in [0.5, 0.6) is 0 Å². The van der Waals surface area contributed by atoms with Gasteiger partial charge < -0.3 is 20.4 Å². The normalized spacial score (nSPS) is 14.2. The molecular weight excluding hydrogens is 492 g/mol. The van der Waals surface area contributed by atoms with Crippen LogP contribution in [0.4, 0.5) is 17.1 Å². The van der Waals surface area contributed by atoms with Crippen molar-refractivity contribution in [3.8, 4) is 0 Å². The first kappa shape index (κ1) is 25.5. The fraction of sp³-hybridized carbons (Fsp3) is 0.226. The van der Waals surface area contributed by atoms with Crippen LogP contribution in [-0.4, -0.2) is 38.0 Å². The number of anilines is 3. The number of amides is 2. The minimum atomic E-state index is -0.177. The molecule has 1 aromatic heterocycles. The number of carbonyl (C=O) groups excluding carboxylic acids is 2. The van der Waals surface area contributed by atoms with Gasteiger partial charge in [-0.2, -0.15) is 0 Å². The van der Waals surface area contributed by atoms with E-state index in [9.17, 15) is 9.59 Å². The maximum absolute atomic E-state index is 13.2. The van der Waals surface area contributed by atoms with E-state index in [0.29, 0.717) is 16.1 Å². The standard InChI is InChI=1S/C31H32N4O2S/c1-22-9-6-7-12-27(22)34-16-18-35(19-17-34)28-15-14-25(21-26(28)33-31(37)29-13-8-20-38-29)30(36)32-23(2)24-10-4-3-5-11-24/h3-15,20-21,23H,16-19H2,1-2H3,(H,32,36)(H,33,37)/t23-/m0/s1. The molecule has 2 N–H and O–H groups in total. The second-order valence-electron chi connectivity index (χ2n) is 9.53. The highest BCUT2D eigenvalue weighted by Gasteiger charge is 2.23. The Balaban J connectivity index is 1.36. The SMILES string of the molecule is Cc1ccccc1N1CCN(c2ccc(C(=O)N[C@@H](C)c3ccccc3)cc2NC(=O)c2cccs2)CC1. The number of piperazine rings is 1. The van der Waals surface area contributed by atoms with Crippen molar-refractivity contribution in [2.75, 3.05) is 41.3 Å². The minimum Gasteiger partial charge on any atom is -0.368 e. The molecule has 5 rings (SSSR count). The van der Waals surface area contributed by atoms with Gasteiger partial charge in [0.2, 0.25) is 0 Å². The number of para-hydroxylation sites is 1. The van der Waals surface area contributed by atoms with Crippen molar-refractivity contribution in [1.82, 2.24) is 5.32 Å². The Morgan fingerprint density at radius 1 is 0.789 bits per heavy atom. The predicted molar refractivity (Wildman–Crippen MR) is 157 cm³/mol. The molecule has 6 nitrogen and oxygen atoms in total. The van der Waals surface area contributed by atoms with Gasteiger partial charge in [0.25, 0.3) is 11.8 Å². The topological polar surface area (TPSA) is 64.7 Å². The first-order chi connectivity index (χ1) is 18.5. The van der Waals surface area contributed by atoms with E-state index in [-0.39, 0.29) is 17.9 Å². The molecule has 3 aromatic carbocycles. The average molecular weight is 525 g/mol. The number of aryl methyl sites for hydroxylation is 1. The number of carbonyl (C=O) groups is 2. The fourth-order valence-electron chi connectivity index (χ4n) is 4.86. The summed E-state index contributed by atoms with van der Waals surface area (Å²) in [5.74, 6) is -0.348. The zero-order chi connectivity index (χ0) is 26.5. The highest BCUT2D eigenvalue weighted by Crippen LogP contribution is 2.31. The summed E-state index contributed by atoms with van der Waals surface area (Å²) < 4.78 is 0. The van der Waals surface area contributed by atoms with Crippen LogP contribution in [0, 0.1) is 6.92 Å². The highest BCUT2D eigenvalue weighted by atomic mass is 32.1. The molecule has 194 valence electrons. The number of rotatable bonds is 7. The molecule has 0 unspecified atom stereocenters. The zero-order valence-electron chi connectivity index (χ0n) is 21.7. The number of hydrogen-bond donors (Lipinski definition) is 2. The molecule has 0 saturated carbocycles. The summed E-state index contributed by atoms with van der Waals surface area (Å²) >= 11 is 1.40. The van der Waals surface area contributed by atoms with Gasteiger partial charge in [0.05, 0.1) is 22.3 Å². The molecule has 4 aromatic rings. The molecule has 0 bridgehead atoms. The van der Waals surface area contributed by atoms with Crippen molar-refractivity contribution < 1.29 is 9.59 Å². The van der Waals surface area contributed by atoms with Crippen molar-refractivity contribution in [3.63, 3.8) is 0 Å². The summed E-state index contributed by atoms with van der Waals surface area (Å²) in [6.07, 6.45) is 0. The average Bonchev–Trinajstić information content (AvgIpc) is 3.49. The third-order valence-electron chi connectivity index (χ3n) is 6.98. The highest BCUT2D eigenvalue weighted by molar-refractivity contribution is 7.12. The van der Waals surface area contributed by atoms with E-state index in [2.05, 4.69) is 51.6 Å². The second-order valence-corrected chi connectivity index (χ2v) is 10.5. The van der Waals surface area contributed by atoms with Gasteiger partial charge in [0.15, 0.2) is 0 Å². The van der Waals surface area contributed by atoms with Crippen molar-refractivity contribution >= 4 is 40.2 Å². The van der Waals surface area contributed by atoms with Crippen LogP contribution < -0.4 is 20.4 Å². The van der Waals surface area contributed by atoms with Crippen LogP contribution in [0.3, 0.4) is 0 Å². The number of nitrogens with one attached hydrogen (secondary N) is 2. The molecule has 1 aliphatic rings. The fourth-order valence-corrected chi connectivity index (χ4v) is 5.48. The Kier molecular flexibility index (Phi) is 7.75. The van der Waals surface area contributed by atoms with E-state index in [1.54, 1.807) is 12.1 Å². The molecule has 7 heteroatoms. The predicted octanol–water partition coefficient (Wildman–Crippen LogP) is 6.13. The van der Waals surface area contributed by atoms with Gasteiger partial charge in [-0.15, -0.1) is 11.3 Å². The lowest BCUT2D eigenvalue weighted by atomic mass is 10.1. The van der Waals surface area contributed by atoms with E-state index < -0.39 is 0 Å². The Morgan fingerprint density at radius 3 is 2.16 bits per heavy atom. The van der Waals surface area contributed by atoms with Crippen LogP contribution in [0.15, 0.2) is 90.3 Å². The Hall–Kier alpha value is -4.10. The molecule has 1 saturated heterocycles. The largest absolute Gasteiger partial charge is 0.368 e. The van der Waals surface area contributed by atoms with Crippen molar-refractivity contribution in [2.24, 2.45) is 0 Å². The lowest BCUT2D eigenvalue weighted by molar-refractivity contribution is 0.0938. The third kappa shape index (κ3) is 5.73. The van der Waals surface area contributed by atoms with Crippen molar-refractivity contribution in [1.29, 1.82) is 0 Å². The first-order valence-corrected chi connectivity index (χ1v) is 13.8. The molecule has 0 radical (unpaired) electrons. The molecule has 2 amide bonds. The smallest absolute Gasteiger partial charge is 0.265 e. The van der Waals surface area contributed by atoms with E-state index in [1.165, 1.54) is 22.6 Å². The van der Waals surface area contributed by atoms with Gasteiger partial charge in [0, 0.05) is 37.4 Å². The maximum Gasteiger partial charge on any atom is 0.265 e. The number of thiophene rings is 1. The van der Waals surface area contributed by atoms with Crippen LogP contribution >= 0.6 is 11.3 Å². The van der Waals surface area contributed by atoms with Gasteiger partial charge in [-0.05, 0) is 60.7 Å². The lowest BCUT2D eigenvalue weighted by Gasteiger charge is -2.38. The Bertz CT molecular complexity index is 1400. The van der Waals surface area contributed by atoms with Gasteiger partial charge in [-0.1, -0.05) is 54.6 Å². The number of benzene rings is 3. The third-order valence-corrected chi connectivity index (χ3v) is 7.84.